The summed E-state index contributed by atoms with van der Waals surface area (Å²) in [6.07, 6.45) is 6.14. The number of methoxy groups -OCH3 is 1. The molecule has 0 atom stereocenters. The Balaban J connectivity index is 1.69. The van der Waals surface area contributed by atoms with E-state index < -0.39 is 0 Å². The Hall–Kier alpha value is -0.580. The molecular weight excluding hydrogens is 330 g/mol. The van der Waals surface area contributed by atoms with E-state index in [1.807, 2.05) is 0 Å². The Kier molecular flexibility index (Phi) is 4.87. The Labute approximate surface area is 135 Å². The summed E-state index contributed by atoms with van der Waals surface area (Å²) in [4.78, 5) is 0. The van der Waals surface area contributed by atoms with Crippen LogP contribution in [0.25, 0.3) is 0 Å². The van der Waals surface area contributed by atoms with Crippen molar-refractivity contribution in [2.45, 2.75) is 32.1 Å². The Morgan fingerprint density at radius 2 is 2.24 bits per heavy atom. The van der Waals surface area contributed by atoms with E-state index in [9.17, 15) is 0 Å². The maximum atomic E-state index is 5.88. The van der Waals surface area contributed by atoms with Gasteiger partial charge in [0.15, 0.2) is 0 Å². The zero-order valence-electron chi connectivity index (χ0n) is 12.7. The van der Waals surface area contributed by atoms with Gasteiger partial charge in [0, 0.05) is 31.1 Å². The number of benzene rings is 1. The van der Waals surface area contributed by atoms with Crippen LogP contribution in [0.5, 0.6) is 5.75 Å². The molecule has 1 aliphatic heterocycles. The predicted molar refractivity (Wildman–Crippen MR) is 88.1 cm³/mol. The molecule has 1 aromatic rings. The van der Waals surface area contributed by atoms with Gasteiger partial charge < -0.3 is 14.8 Å². The fraction of sp³-hybridized carbons (Fsp3) is 0.647. The molecule has 1 aromatic carbocycles. The Morgan fingerprint density at radius 3 is 2.95 bits per heavy atom. The van der Waals surface area contributed by atoms with Crippen LogP contribution in [0.1, 0.15) is 30.4 Å². The van der Waals surface area contributed by atoms with E-state index in [-0.39, 0.29) is 0 Å². The van der Waals surface area contributed by atoms with E-state index in [1.165, 1.54) is 34.9 Å². The van der Waals surface area contributed by atoms with E-state index in [4.69, 9.17) is 9.47 Å². The monoisotopic (exact) mass is 353 g/mol. The molecule has 4 heteroatoms. The van der Waals surface area contributed by atoms with Crippen molar-refractivity contribution in [1.82, 2.24) is 5.32 Å². The Bertz CT molecular complexity index is 500. The summed E-state index contributed by atoms with van der Waals surface area (Å²) < 4.78 is 12.2. The highest BCUT2D eigenvalue weighted by molar-refractivity contribution is 9.10. The van der Waals surface area contributed by atoms with Gasteiger partial charge in [-0.25, -0.2) is 0 Å². The van der Waals surface area contributed by atoms with Crippen LogP contribution in [0.3, 0.4) is 0 Å². The zero-order valence-corrected chi connectivity index (χ0v) is 14.3. The SMILES string of the molecule is COCCNCC1(Cc2cc(Br)cc3c2OCC3)CCC1. The first kappa shape index (κ1) is 15.3. The van der Waals surface area contributed by atoms with Crippen molar-refractivity contribution < 1.29 is 9.47 Å². The average molecular weight is 354 g/mol. The summed E-state index contributed by atoms with van der Waals surface area (Å²) in [7, 11) is 1.75. The molecule has 0 unspecified atom stereocenters. The number of nitrogens with one attached hydrogen (secondary N) is 1. The van der Waals surface area contributed by atoms with Gasteiger partial charge in [-0.15, -0.1) is 0 Å². The topological polar surface area (TPSA) is 30.5 Å². The minimum atomic E-state index is 0.411. The van der Waals surface area contributed by atoms with Gasteiger partial charge in [-0.3, -0.25) is 0 Å². The van der Waals surface area contributed by atoms with E-state index in [0.717, 1.165) is 44.9 Å². The average Bonchev–Trinajstić information content (AvgIpc) is 2.88. The van der Waals surface area contributed by atoms with Crippen molar-refractivity contribution in [3.8, 4) is 5.75 Å². The summed E-state index contributed by atoms with van der Waals surface area (Å²) >= 11 is 3.65. The summed E-state index contributed by atoms with van der Waals surface area (Å²) in [6, 6.07) is 4.45. The van der Waals surface area contributed by atoms with Gasteiger partial charge in [0.1, 0.15) is 5.75 Å². The van der Waals surface area contributed by atoms with Crippen molar-refractivity contribution >= 4 is 15.9 Å². The van der Waals surface area contributed by atoms with Crippen LogP contribution < -0.4 is 10.1 Å². The van der Waals surface area contributed by atoms with Gasteiger partial charge in [0.25, 0.3) is 0 Å². The first-order valence-electron chi connectivity index (χ1n) is 7.86. The minimum absolute atomic E-state index is 0.411. The van der Waals surface area contributed by atoms with E-state index in [0.29, 0.717) is 5.41 Å². The third-order valence-corrected chi connectivity index (χ3v) is 5.25. The number of fused-ring (bicyclic) bond motifs is 1. The number of hydrogen-bond acceptors (Lipinski definition) is 3. The fourth-order valence-electron chi connectivity index (χ4n) is 3.50. The minimum Gasteiger partial charge on any atom is -0.493 e. The molecule has 1 saturated carbocycles. The molecule has 3 nitrogen and oxygen atoms in total. The third-order valence-electron chi connectivity index (χ3n) is 4.79. The number of hydrogen-bond donors (Lipinski definition) is 1. The van der Waals surface area contributed by atoms with Crippen LogP contribution in [0.4, 0.5) is 0 Å². The second-order valence-electron chi connectivity index (χ2n) is 6.35. The molecule has 116 valence electrons. The second-order valence-corrected chi connectivity index (χ2v) is 7.27. The van der Waals surface area contributed by atoms with E-state index >= 15 is 0 Å². The van der Waals surface area contributed by atoms with E-state index in [1.54, 1.807) is 7.11 Å². The summed E-state index contributed by atoms with van der Waals surface area (Å²) in [5, 5.41) is 3.55. The summed E-state index contributed by atoms with van der Waals surface area (Å²) in [6.45, 7) is 3.63. The molecule has 2 aliphatic rings. The van der Waals surface area contributed by atoms with E-state index in [2.05, 4.69) is 33.4 Å². The molecule has 21 heavy (non-hydrogen) atoms. The highest BCUT2D eigenvalue weighted by atomic mass is 79.9. The van der Waals surface area contributed by atoms with Crippen LogP contribution in [-0.2, 0) is 17.6 Å². The third kappa shape index (κ3) is 3.43. The maximum absolute atomic E-state index is 5.88. The van der Waals surface area contributed by atoms with Crippen LogP contribution in [0, 0.1) is 5.41 Å². The number of rotatable bonds is 7. The van der Waals surface area contributed by atoms with Crippen molar-refractivity contribution in [2.24, 2.45) is 5.41 Å². The smallest absolute Gasteiger partial charge is 0.125 e. The zero-order chi connectivity index (χ0) is 14.7. The van der Waals surface area contributed by atoms with Crippen molar-refractivity contribution in [2.75, 3.05) is 33.4 Å². The van der Waals surface area contributed by atoms with Gasteiger partial charge >= 0.3 is 0 Å². The van der Waals surface area contributed by atoms with Crippen molar-refractivity contribution in [1.29, 1.82) is 0 Å². The molecule has 0 aromatic heterocycles. The molecule has 0 spiro atoms. The lowest BCUT2D eigenvalue weighted by Crippen LogP contribution is -2.42. The van der Waals surface area contributed by atoms with Crippen molar-refractivity contribution in [3.63, 3.8) is 0 Å². The molecule has 0 amide bonds. The van der Waals surface area contributed by atoms with Gasteiger partial charge in [-0.05, 0) is 47.9 Å². The molecule has 0 bridgehead atoms. The highest BCUT2D eigenvalue weighted by Gasteiger charge is 2.37. The molecule has 0 saturated heterocycles. The normalized spacial score (nSPS) is 19.0. The fourth-order valence-corrected chi connectivity index (χ4v) is 4.05. The maximum Gasteiger partial charge on any atom is 0.125 e. The van der Waals surface area contributed by atoms with Crippen LogP contribution in [-0.4, -0.2) is 33.4 Å². The molecule has 3 rings (SSSR count). The van der Waals surface area contributed by atoms with Gasteiger partial charge in [0.05, 0.1) is 13.2 Å². The number of halogens is 1. The molecular formula is C17H24BrNO2. The first-order valence-corrected chi connectivity index (χ1v) is 8.65. The summed E-state index contributed by atoms with van der Waals surface area (Å²) in [5.74, 6) is 1.15. The lowest BCUT2D eigenvalue weighted by molar-refractivity contribution is 0.122. The van der Waals surface area contributed by atoms with Crippen LogP contribution >= 0.6 is 15.9 Å². The molecule has 1 N–H and O–H groups in total. The molecule has 1 fully saturated rings. The lowest BCUT2D eigenvalue weighted by atomic mass is 9.65. The molecule has 0 radical (unpaired) electrons. The Morgan fingerprint density at radius 1 is 1.38 bits per heavy atom. The quantitative estimate of drug-likeness (QED) is 0.762. The number of ether oxygens (including phenoxy) is 2. The molecule has 1 heterocycles. The van der Waals surface area contributed by atoms with Crippen LogP contribution in [0.2, 0.25) is 0 Å². The second kappa shape index (κ2) is 6.67. The predicted octanol–water partition coefficient (Wildman–Crippen LogP) is 3.33. The summed E-state index contributed by atoms with van der Waals surface area (Å²) in [5.41, 5.74) is 3.15. The van der Waals surface area contributed by atoms with Gasteiger partial charge in [-0.2, -0.15) is 0 Å². The van der Waals surface area contributed by atoms with Crippen LogP contribution in [0.15, 0.2) is 16.6 Å². The van der Waals surface area contributed by atoms with Gasteiger partial charge in [0.2, 0.25) is 0 Å². The largest absolute Gasteiger partial charge is 0.493 e. The molecule has 1 aliphatic carbocycles. The highest BCUT2D eigenvalue weighted by Crippen LogP contribution is 2.46. The first-order chi connectivity index (χ1) is 10.2. The van der Waals surface area contributed by atoms with Crippen molar-refractivity contribution in [3.05, 3.63) is 27.7 Å². The lowest BCUT2D eigenvalue weighted by Gasteiger charge is -2.42. The standard InChI is InChI=1S/C17H24BrNO2/c1-20-8-6-19-12-17(4-2-5-17)11-14-10-15(18)9-13-3-7-21-16(13)14/h9-10,19H,2-8,11-12H2,1H3. The van der Waals surface area contributed by atoms with Gasteiger partial charge in [-0.1, -0.05) is 22.4 Å².